The topological polar surface area (TPSA) is 39.1 Å². The van der Waals surface area contributed by atoms with Crippen LogP contribution >= 0.6 is 0 Å². The van der Waals surface area contributed by atoms with Gasteiger partial charge in [0.25, 0.3) is 0 Å². The van der Waals surface area contributed by atoms with Gasteiger partial charge in [-0.2, -0.15) is 0 Å². The summed E-state index contributed by atoms with van der Waals surface area (Å²) in [6.07, 6.45) is 2.02. The largest absolute Gasteiger partial charge is 0.383 e. The zero-order valence-corrected chi connectivity index (χ0v) is 10.2. The Labute approximate surface area is 101 Å². The standard InChI is InChI=1S/C13H17N3O/c1-11-10-16(12-6-4-3-5-7-12)13(15-11)14-8-9-17-2/h3-7,10H,8-9H2,1-2H3,(H,14,15). The van der Waals surface area contributed by atoms with Crippen LogP contribution in [0.15, 0.2) is 36.5 Å². The summed E-state index contributed by atoms with van der Waals surface area (Å²) in [5.74, 6) is 0.853. The molecule has 0 aliphatic rings. The van der Waals surface area contributed by atoms with Crippen molar-refractivity contribution in [2.75, 3.05) is 25.6 Å². The van der Waals surface area contributed by atoms with Crippen LogP contribution in [-0.4, -0.2) is 29.8 Å². The maximum absolute atomic E-state index is 5.02. The Balaban J connectivity index is 2.22. The zero-order valence-electron chi connectivity index (χ0n) is 10.2. The predicted octanol–water partition coefficient (Wildman–Crippen LogP) is 2.24. The summed E-state index contributed by atoms with van der Waals surface area (Å²) >= 11 is 0. The Morgan fingerprint density at radius 2 is 2.06 bits per heavy atom. The molecule has 0 saturated carbocycles. The van der Waals surface area contributed by atoms with Gasteiger partial charge in [0.1, 0.15) is 0 Å². The normalized spacial score (nSPS) is 10.5. The first-order valence-electron chi connectivity index (χ1n) is 5.65. The molecule has 0 spiro atoms. The van der Waals surface area contributed by atoms with E-state index in [1.807, 2.05) is 35.9 Å². The van der Waals surface area contributed by atoms with Crippen LogP contribution in [0.2, 0.25) is 0 Å². The summed E-state index contributed by atoms with van der Waals surface area (Å²) in [7, 11) is 1.69. The van der Waals surface area contributed by atoms with Crippen molar-refractivity contribution < 1.29 is 4.74 Å². The van der Waals surface area contributed by atoms with E-state index in [9.17, 15) is 0 Å². The average Bonchev–Trinajstić information content (AvgIpc) is 2.72. The number of benzene rings is 1. The number of anilines is 1. The van der Waals surface area contributed by atoms with Gasteiger partial charge in [-0.25, -0.2) is 4.98 Å². The quantitative estimate of drug-likeness (QED) is 0.802. The van der Waals surface area contributed by atoms with Gasteiger partial charge in [-0.3, -0.25) is 4.57 Å². The number of aromatic nitrogens is 2. The van der Waals surface area contributed by atoms with Crippen LogP contribution in [0.5, 0.6) is 0 Å². The van der Waals surface area contributed by atoms with Crippen molar-refractivity contribution in [3.05, 3.63) is 42.2 Å². The Morgan fingerprint density at radius 3 is 2.76 bits per heavy atom. The molecule has 0 bridgehead atoms. The maximum Gasteiger partial charge on any atom is 0.207 e. The zero-order chi connectivity index (χ0) is 12.1. The monoisotopic (exact) mass is 231 g/mol. The highest BCUT2D eigenvalue weighted by Crippen LogP contribution is 2.15. The number of imidazole rings is 1. The van der Waals surface area contributed by atoms with Crippen molar-refractivity contribution in [3.8, 4) is 5.69 Å². The Bertz CT molecular complexity index is 465. The van der Waals surface area contributed by atoms with Gasteiger partial charge in [0.05, 0.1) is 12.3 Å². The first-order valence-corrected chi connectivity index (χ1v) is 5.65. The van der Waals surface area contributed by atoms with Gasteiger partial charge in [0.2, 0.25) is 5.95 Å². The molecular weight excluding hydrogens is 214 g/mol. The highest BCUT2D eigenvalue weighted by molar-refractivity contribution is 5.42. The van der Waals surface area contributed by atoms with Crippen molar-refractivity contribution in [1.82, 2.24) is 9.55 Å². The molecule has 1 aromatic carbocycles. The van der Waals surface area contributed by atoms with Gasteiger partial charge in [-0.15, -0.1) is 0 Å². The summed E-state index contributed by atoms with van der Waals surface area (Å²) in [5.41, 5.74) is 2.10. The van der Waals surface area contributed by atoms with Crippen molar-refractivity contribution in [2.45, 2.75) is 6.92 Å². The molecular formula is C13H17N3O. The highest BCUT2D eigenvalue weighted by atomic mass is 16.5. The van der Waals surface area contributed by atoms with E-state index in [4.69, 9.17) is 4.74 Å². The fraction of sp³-hybridized carbons (Fsp3) is 0.308. The molecule has 90 valence electrons. The number of ether oxygens (including phenoxy) is 1. The minimum Gasteiger partial charge on any atom is -0.383 e. The molecule has 4 heteroatoms. The van der Waals surface area contributed by atoms with Crippen molar-refractivity contribution in [2.24, 2.45) is 0 Å². The van der Waals surface area contributed by atoms with Gasteiger partial charge >= 0.3 is 0 Å². The third-order valence-corrected chi connectivity index (χ3v) is 2.45. The number of hydrogen-bond donors (Lipinski definition) is 1. The number of aryl methyl sites for hydroxylation is 1. The number of rotatable bonds is 5. The molecule has 4 nitrogen and oxygen atoms in total. The molecule has 2 aromatic rings. The lowest BCUT2D eigenvalue weighted by Gasteiger charge is -2.09. The fourth-order valence-electron chi connectivity index (χ4n) is 1.67. The van der Waals surface area contributed by atoms with Crippen LogP contribution in [0.25, 0.3) is 5.69 Å². The van der Waals surface area contributed by atoms with E-state index in [1.54, 1.807) is 7.11 Å². The molecule has 1 heterocycles. The average molecular weight is 231 g/mol. The molecule has 17 heavy (non-hydrogen) atoms. The van der Waals surface area contributed by atoms with Crippen LogP contribution < -0.4 is 5.32 Å². The van der Waals surface area contributed by atoms with E-state index < -0.39 is 0 Å². The summed E-state index contributed by atoms with van der Waals surface area (Å²) < 4.78 is 7.06. The Morgan fingerprint density at radius 1 is 1.29 bits per heavy atom. The SMILES string of the molecule is COCCNc1nc(C)cn1-c1ccccc1. The van der Waals surface area contributed by atoms with E-state index in [-0.39, 0.29) is 0 Å². The fourth-order valence-corrected chi connectivity index (χ4v) is 1.67. The molecule has 2 rings (SSSR count). The van der Waals surface area contributed by atoms with Crippen LogP contribution in [0.3, 0.4) is 0 Å². The summed E-state index contributed by atoms with van der Waals surface area (Å²) in [4.78, 5) is 4.46. The lowest BCUT2D eigenvalue weighted by molar-refractivity contribution is 0.210. The van der Waals surface area contributed by atoms with Gasteiger partial charge in [0.15, 0.2) is 0 Å². The number of para-hydroxylation sites is 1. The van der Waals surface area contributed by atoms with Crippen molar-refractivity contribution in [1.29, 1.82) is 0 Å². The number of hydrogen-bond acceptors (Lipinski definition) is 3. The lowest BCUT2D eigenvalue weighted by atomic mass is 10.3. The van der Waals surface area contributed by atoms with E-state index >= 15 is 0 Å². The molecule has 0 radical (unpaired) electrons. The molecule has 0 aliphatic carbocycles. The van der Waals surface area contributed by atoms with Gasteiger partial charge < -0.3 is 10.1 Å². The Hall–Kier alpha value is -1.81. The van der Waals surface area contributed by atoms with Gasteiger partial charge in [-0.1, -0.05) is 18.2 Å². The smallest absolute Gasteiger partial charge is 0.207 e. The lowest BCUT2D eigenvalue weighted by Crippen LogP contribution is -2.11. The molecule has 0 atom stereocenters. The highest BCUT2D eigenvalue weighted by Gasteiger charge is 2.06. The van der Waals surface area contributed by atoms with Crippen LogP contribution in [0.1, 0.15) is 5.69 Å². The minimum absolute atomic E-state index is 0.667. The van der Waals surface area contributed by atoms with E-state index in [1.165, 1.54) is 0 Å². The van der Waals surface area contributed by atoms with E-state index in [2.05, 4.69) is 22.4 Å². The second-order valence-electron chi connectivity index (χ2n) is 3.83. The first-order chi connectivity index (χ1) is 8.31. The van der Waals surface area contributed by atoms with Crippen LogP contribution in [0, 0.1) is 6.92 Å². The Kier molecular flexibility index (Phi) is 3.77. The molecule has 0 aliphatic heterocycles. The third kappa shape index (κ3) is 2.85. The summed E-state index contributed by atoms with van der Waals surface area (Å²) in [6.45, 7) is 3.40. The number of nitrogens with zero attached hydrogens (tertiary/aromatic N) is 2. The summed E-state index contributed by atoms with van der Waals surface area (Å²) in [6, 6.07) is 10.2. The van der Waals surface area contributed by atoms with Gasteiger partial charge in [0, 0.05) is 25.5 Å². The molecule has 0 unspecified atom stereocenters. The second kappa shape index (κ2) is 5.50. The van der Waals surface area contributed by atoms with E-state index in [0.717, 1.165) is 23.9 Å². The maximum atomic E-state index is 5.02. The first kappa shape index (κ1) is 11.7. The van der Waals surface area contributed by atoms with Crippen molar-refractivity contribution in [3.63, 3.8) is 0 Å². The summed E-state index contributed by atoms with van der Waals surface area (Å²) in [5, 5.41) is 3.26. The predicted molar refractivity (Wildman–Crippen MR) is 68.7 cm³/mol. The molecule has 0 fully saturated rings. The molecule has 0 amide bonds. The van der Waals surface area contributed by atoms with Crippen LogP contribution in [0.4, 0.5) is 5.95 Å². The molecule has 0 saturated heterocycles. The van der Waals surface area contributed by atoms with E-state index in [0.29, 0.717) is 6.61 Å². The molecule has 1 N–H and O–H groups in total. The number of nitrogens with one attached hydrogen (secondary N) is 1. The van der Waals surface area contributed by atoms with Gasteiger partial charge in [-0.05, 0) is 19.1 Å². The second-order valence-corrected chi connectivity index (χ2v) is 3.83. The minimum atomic E-state index is 0.667. The van der Waals surface area contributed by atoms with Crippen LogP contribution in [-0.2, 0) is 4.74 Å². The number of methoxy groups -OCH3 is 1. The van der Waals surface area contributed by atoms with Crippen molar-refractivity contribution >= 4 is 5.95 Å². The third-order valence-electron chi connectivity index (χ3n) is 2.45. The molecule has 1 aromatic heterocycles.